The molecule has 0 radical (unpaired) electrons. The molecule has 5 heterocycles. The van der Waals surface area contributed by atoms with Gasteiger partial charge in [0.05, 0.1) is 35.7 Å². The molecule has 4 aromatic heterocycles. The van der Waals surface area contributed by atoms with Crippen molar-refractivity contribution in [2.24, 2.45) is 0 Å². The highest BCUT2D eigenvalue weighted by Gasteiger charge is 2.20. The summed E-state index contributed by atoms with van der Waals surface area (Å²) in [5.41, 5.74) is 2.21. The maximum atomic E-state index is 13.6. The molecule has 5 rings (SSSR count). The molecule has 0 aromatic carbocycles. The molecule has 9 nitrogen and oxygen atoms in total. The quantitative estimate of drug-likeness (QED) is 0.396. The van der Waals surface area contributed by atoms with Crippen LogP contribution in [0.5, 0.6) is 11.6 Å². The molecule has 0 fully saturated rings. The maximum Gasteiger partial charge on any atom is 0.260 e. The zero-order chi connectivity index (χ0) is 20.8. The number of H-pyrrole nitrogens is 1. The molecule has 4 aromatic rings. The highest BCUT2D eigenvalue weighted by molar-refractivity contribution is 6.06. The van der Waals surface area contributed by atoms with Crippen LogP contribution in [0, 0.1) is 0 Å². The Morgan fingerprint density at radius 1 is 1.13 bits per heavy atom. The van der Waals surface area contributed by atoms with Gasteiger partial charge in [0.25, 0.3) is 5.56 Å². The minimum Gasteiger partial charge on any atom is -0.491 e. The van der Waals surface area contributed by atoms with E-state index in [-0.39, 0.29) is 5.56 Å². The Kier molecular flexibility index (Phi) is 4.23. The minimum absolute atomic E-state index is 0.141. The molecule has 154 valence electrons. The molecular weight excluding hydrogens is 388 g/mol. The van der Waals surface area contributed by atoms with Crippen molar-refractivity contribution in [3.05, 3.63) is 33.1 Å². The third kappa shape index (κ3) is 2.51. The van der Waals surface area contributed by atoms with Crippen LogP contribution in [0.4, 0.5) is 0 Å². The Bertz CT molecular complexity index is 1490. The molecule has 30 heavy (non-hydrogen) atoms. The Morgan fingerprint density at radius 3 is 2.73 bits per heavy atom. The summed E-state index contributed by atoms with van der Waals surface area (Å²) in [5.74, 6) is 0.957. The number of methoxy groups -OCH3 is 2. The second-order valence-electron chi connectivity index (χ2n) is 7.04. The van der Waals surface area contributed by atoms with Gasteiger partial charge in [-0.25, -0.2) is 4.98 Å². The number of nitrogens with zero attached hydrogens (tertiary/aromatic N) is 3. The van der Waals surface area contributed by atoms with Gasteiger partial charge in [0.2, 0.25) is 5.88 Å². The zero-order valence-corrected chi connectivity index (χ0v) is 16.8. The van der Waals surface area contributed by atoms with Crippen molar-refractivity contribution >= 4 is 45.5 Å². The molecular formula is C21H20N4O5. The number of rotatable bonds is 5. The van der Waals surface area contributed by atoms with Gasteiger partial charge in [-0.2, -0.15) is 0 Å². The lowest BCUT2D eigenvalue weighted by molar-refractivity contribution is -0.151. The second-order valence-corrected chi connectivity index (χ2v) is 7.04. The number of unbranched alkanes of at least 4 members (excludes halogenated alkanes) is 1. The van der Waals surface area contributed by atoms with Gasteiger partial charge in [-0.15, -0.1) is 0 Å². The summed E-state index contributed by atoms with van der Waals surface area (Å²) in [5, 5.41) is 2.62. The van der Waals surface area contributed by atoms with Crippen molar-refractivity contribution in [3.63, 3.8) is 0 Å². The van der Waals surface area contributed by atoms with Gasteiger partial charge < -0.3 is 19.0 Å². The van der Waals surface area contributed by atoms with Gasteiger partial charge in [-0.1, -0.05) is 13.3 Å². The van der Waals surface area contributed by atoms with Crippen molar-refractivity contribution in [2.45, 2.75) is 26.3 Å². The van der Waals surface area contributed by atoms with Crippen molar-refractivity contribution < 1.29 is 19.2 Å². The average molecular weight is 408 g/mol. The molecule has 0 spiro atoms. The Morgan fingerprint density at radius 2 is 1.97 bits per heavy atom. The Hall–Kier alpha value is -3.75. The van der Waals surface area contributed by atoms with Crippen LogP contribution in [0.3, 0.4) is 0 Å². The van der Waals surface area contributed by atoms with Crippen LogP contribution in [0.25, 0.3) is 45.5 Å². The first kappa shape index (κ1) is 18.3. The Labute approximate surface area is 170 Å². The van der Waals surface area contributed by atoms with Crippen LogP contribution in [0.1, 0.15) is 19.8 Å². The van der Waals surface area contributed by atoms with E-state index in [2.05, 4.69) is 16.9 Å². The highest BCUT2D eigenvalue weighted by Crippen LogP contribution is 2.36. The van der Waals surface area contributed by atoms with E-state index in [1.165, 1.54) is 12.5 Å². The number of hydrogen-bond acceptors (Lipinski definition) is 7. The summed E-state index contributed by atoms with van der Waals surface area (Å²) in [6.07, 6.45) is 6.45. The molecule has 0 aliphatic carbocycles. The van der Waals surface area contributed by atoms with E-state index in [1.54, 1.807) is 31.0 Å². The summed E-state index contributed by atoms with van der Waals surface area (Å²) >= 11 is 0. The third-order valence-electron chi connectivity index (χ3n) is 5.34. The van der Waals surface area contributed by atoms with Crippen LogP contribution in [-0.4, -0.2) is 33.7 Å². The number of ether oxygens (including phenoxy) is 2. The van der Waals surface area contributed by atoms with Crippen molar-refractivity contribution in [1.82, 2.24) is 19.5 Å². The largest absolute Gasteiger partial charge is 0.491 e. The molecule has 1 aliphatic heterocycles. The smallest absolute Gasteiger partial charge is 0.260 e. The molecule has 0 saturated carbocycles. The van der Waals surface area contributed by atoms with E-state index >= 15 is 0 Å². The predicted octanol–water partition coefficient (Wildman–Crippen LogP) is 1.68. The molecule has 1 aliphatic rings. The number of nitrogens with one attached hydrogen (secondary N) is 1. The molecule has 0 saturated heterocycles. The van der Waals surface area contributed by atoms with E-state index in [0.717, 1.165) is 23.3 Å². The van der Waals surface area contributed by atoms with E-state index in [1.807, 2.05) is 0 Å². The van der Waals surface area contributed by atoms with Gasteiger partial charge in [-0.05, 0) is 12.5 Å². The van der Waals surface area contributed by atoms with Gasteiger partial charge >= 0.3 is 0 Å². The van der Waals surface area contributed by atoms with Crippen LogP contribution in [0.15, 0.2) is 17.1 Å². The average Bonchev–Trinajstić information content (AvgIpc) is 3.14. The first-order valence-electron chi connectivity index (χ1n) is 9.66. The fourth-order valence-corrected chi connectivity index (χ4v) is 3.88. The topological polar surface area (TPSA) is 100 Å². The SMILES string of the molecule is CCCCn1c(=O)c2cc3c(OC)c(OC)[nH]c3nc2c2ncc3c(c21)=COOC=3. The molecule has 0 bridgehead atoms. The Balaban J connectivity index is 1.99. The van der Waals surface area contributed by atoms with E-state index in [9.17, 15) is 4.79 Å². The molecule has 0 atom stereocenters. The van der Waals surface area contributed by atoms with Crippen molar-refractivity contribution in [1.29, 1.82) is 0 Å². The van der Waals surface area contributed by atoms with Crippen molar-refractivity contribution in [2.75, 3.05) is 14.2 Å². The first-order chi connectivity index (χ1) is 14.7. The normalized spacial score (nSPS) is 12.8. The fraction of sp³-hybridized carbons (Fsp3) is 0.286. The minimum atomic E-state index is -0.141. The van der Waals surface area contributed by atoms with E-state index in [4.69, 9.17) is 24.2 Å². The summed E-state index contributed by atoms with van der Waals surface area (Å²) < 4.78 is 12.6. The molecule has 9 heteroatoms. The summed E-state index contributed by atoms with van der Waals surface area (Å²) in [7, 11) is 3.10. The second kappa shape index (κ2) is 6.94. The first-order valence-corrected chi connectivity index (χ1v) is 9.66. The lowest BCUT2D eigenvalue weighted by Crippen LogP contribution is -2.35. The highest BCUT2D eigenvalue weighted by atomic mass is 17.2. The summed E-state index contributed by atoms with van der Waals surface area (Å²) in [6, 6.07) is 1.79. The number of pyridine rings is 3. The summed E-state index contributed by atoms with van der Waals surface area (Å²) in [4.78, 5) is 36.0. The van der Waals surface area contributed by atoms with Gasteiger partial charge in [-0.3, -0.25) is 19.6 Å². The molecule has 0 amide bonds. The number of aromatic amines is 1. The number of fused-ring (bicyclic) bond motifs is 6. The zero-order valence-electron chi connectivity index (χ0n) is 16.8. The molecule has 0 unspecified atom stereocenters. The van der Waals surface area contributed by atoms with Crippen LogP contribution in [0.2, 0.25) is 0 Å². The van der Waals surface area contributed by atoms with Crippen molar-refractivity contribution in [3.8, 4) is 11.6 Å². The van der Waals surface area contributed by atoms with Crippen LogP contribution < -0.4 is 25.5 Å². The number of hydrogen-bond donors (Lipinski definition) is 1. The van der Waals surface area contributed by atoms with Gasteiger partial charge in [0.1, 0.15) is 16.7 Å². The lowest BCUT2D eigenvalue weighted by Gasteiger charge is -2.14. The fourth-order valence-electron chi connectivity index (χ4n) is 3.88. The maximum absolute atomic E-state index is 13.6. The lowest BCUT2D eigenvalue weighted by atomic mass is 10.1. The standard InChI is InChI=1S/C21H20N4O5/c1-4-5-6-25-17-14-10-30-29-9-11(14)8-22-16(17)15-12(21(25)26)7-13-18(27-2)20(28-3)24-19(13)23-15/h7-10H,4-6H2,1-3H3,(H,23,24). The predicted molar refractivity (Wildman–Crippen MR) is 112 cm³/mol. The number of aryl methyl sites for hydroxylation is 1. The van der Waals surface area contributed by atoms with Gasteiger partial charge in [0, 0.05) is 18.0 Å². The number of aromatic nitrogens is 4. The van der Waals surface area contributed by atoms with E-state index < -0.39 is 0 Å². The molecule has 1 N–H and O–H groups in total. The monoisotopic (exact) mass is 408 g/mol. The van der Waals surface area contributed by atoms with Crippen LogP contribution >= 0.6 is 0 Å². The third-order valence-corrected chi connectivity index (χ3v) is 5.34. The van der Waals surface area contributed by atoms with Gasteiger partial charge in [0.15, 0.2) is 18.3 Å². The van der Waals surface area contributed by atoms with E-state index in [0.29, 0.717) is 51.1 Å². The summed E-state index contributed by atoms with van der Waals surface area (Å²) in [6.45, 7) is 2.64. The van der Waals surface area contributed by atoms with Crippen LogP contribution in [-0.2, 0) is 16.3 Å².